The Balaban J connectivity index is 1.62. The van der Waals surface area contributed by atoms with E-state index in [9.17, 15) is 9.59 Å². The monoisotopic (exact) mass is 397 g/mol. The highest BCUT2D eigenvalue weighted by Crippen LogP contribution is 2.37. The fourth-order valence-electron chi connectivity index (χ4n) is 4.18. The summed E-state index contributed by atoms with van der Waals surface area (Å²) in [5, 5.41) is 4.16. The molecule has 3 rings (SSSR count). The highest BCUT2D eigenvalue weighted by atomic mass is 16.5. The van der Waals surface area contributed by atoms with Gasteiger partial charge in [-0.3, -0.25) is 14.3 Å². The van der Waals surface area contributed by atoms with Crippen LogP contribution in [0, 0.1) is 5.41 Å². The quantitative estimate of drug-likeness (QED) is 0.608. The zero-order valence-electron chi connectivity index (χ0n) is 17.3. The van der Waals surface area contributed by atoms with Crippen LogP contribution in [0.2, 0.25) is 0 Å². The lowest BCUT2D eigenvalue weighted by molar-refractivity contribution is -0.161. The Morgan fingerprint density at radius 2 is 2.03 bits per heavy atom. The second kappa shape index (κ2) is 10.2. The first-order chi connectivity index (χ1) is 14.1. The van der Waals surface area contributed by atoms with Gasteiger partial charge in [-0.25, -0.2) is 0 Å². The average molecular weight is 398 g/mol. The van der Waals surface area contributed by atoms with Crippen molar-refractivity contribution in [2.45, 2.75) is 52.0 Å². The van der Waals surface area contributed by atoms with Gasteiger partial charge in [0.15, 0.2) is 0 Å². The number of hydrogen-bond acceptors (Lipinski definition) is 4. The highest BCUT2D eigenvalue weighted by molar-refractivity contribution is 5.80. The molecule has 1 saturated heterocycles. The SMILES string of the molecule is CCOC(=O)C1(CCCc2ccccc2)CCCN(C(=O)CCn2cccn2)C1. The van der Waals surface area contributed by atoms with Gasteiger partial charge in [0.1, 0.15) is 0 Å². The molecule has 1 unspecified atom stereocenters. The molecule has 2 aromatic rings. The zero-order valence-corrected chi connectivity index (χ0v) is 17.3. The van der Waals surface area contributed by atoms with Crippen LogP contribution in [0.1, 0.15) is 44.6 Å². The lowest BCUT2D eigenvalue weighted by Crippen LogP contribution is -2.50. The molecule has 1 aromatic heterocycles. The molecular weight excluding hydrogens is 366 g/mol. The first-order valence-corrected chi connectivity index (χ1v) is 10.6. The number of carbonyl (C=O) groups is 2. The van der Waals surface area contributed by atoms with Crippen LogP contribution in [0.25, 0.3) is 0 Å². The van der Waals surface area contributed by atoms with Gasteiger partial charge in [0, 0.05) is 38.4 Å². The Kier molecular flexibility index (Phi) is 7.44. The Morgan fingerprint density at radius 1 is 1.21 bits per heavy atom. The molecule has 0 saturated carbocycles. The van der Waals surface area contributed by atoms with Crippen molar-refractivity contribution in [1.29, 1.82) is 0 Å². The smallest absolute Gasteiger partial charge is 0.313 e. The lowest BCUT2D eigenvalue weighted by Gasteiger charge is -2.41. The number of amides is 1. The van der Waals surface area contributed by atoms with E-state index >= 15 is 0 Å². The lowest BCUT2D eigenvalue weighted by atomic mass is 9.75. The number of rotatable bonds is 9. The standard InChI is InChI=1S/C23H31N3O3/c1-2-29-22(28)23(13-6-11-20-9-4-3-5-10-20)14-7-16-25(19-23)21(27)12-18-26-17-8-15-24-26/h3-5,8-10,15,17H,2,6-7,11-14,16,18-19H2,1H3. The Bertz CT molecular complexity index is 776. The predicted octanol–water partition coefficient (Wildman–Crippen LogP) is 3.47. The van der Waals surface area contributed by atoms with E-state index in [4.69, 9.17) is 4.74 Å². The van der Waals surface area contributed by atoms with Gasteiger partial charge in [-0.1, -0.05) is 30.3 Å². The van der Waals surface area contributed by atoms with Crippen LogP contribution < -0.4 is 0 Å². The molecule has 0 radical (unpaired) electrons. The minimum atomic E-state index is -0.593. The van der Waals surface area contributed by atoms with E-state index < -0.39 is 5.41 Å². The molecule has 29 heavy (non-hydrogen) atoms. The Labute approximate surface area is 172 Å². The number of aryl methyl sites for hydroxylation is 2. The van der Waals surface area contributed by atoms with Gasteiger partial charge in [0.05, 0.1) is 12.0 Å². The van der Waals surface area contributed by atoms with Crippen molar-refractivity contribution in [2.75, 3.05) is 19.7 Å². The number of carbonyl (C=O) groups excluding carboxylic acids is 2. The van der Waals surface area contributed by atoms with E-state index in [-0.39, 0.29) is 11.9 Å². The average Bonchev–Trinajstić information content (AvgIpc) is 3.27. The second-order valence-electron chi connectivity index (χ2n) is 7.78. The molecule has 6 heteroatoms. The van der Waals surface area contributed by atoms with Gasteiger partial charge in [0.25, 0.3) is 0 Å². The van der Waals surface area contributed by atoms with Crippen molar-refractivity contribution in [3.05, 3.63) is 54.4 Å². The largest absolute Gasteiger partial charge is 0.466 e. The minimum Gasteiger partial charge on any atom is -0.466 e. The van der Waals surface area contributed by atoms with E-state index in [2.05, 4.69) is 17.2 Å². The summed E-state index contributed by atoms with van der Waals surface area (Å²) in [6, 6.07) is 12.2. The van der Waals surface area contributed by atoms with Gasteiger partial charge in [-0.05, 0) is 50.7 Å². The molecule has 1 aromatic carbocycles. The molecule has 1 fully saturated rings. The minimum absolute atomic E-state index is 0.0805. The molecular formula is C23H31N3O3. The Hall–Kier alpha value is -2.63. The number of hydrogen-bond donors (Lipinski definition) is 0. The maximum atomic E-state index is 12.9. The number of piperidine rings is 1. The van der Waals surface area contributed by atoms with Gasteiger partial charge < -0.3 is 9.64 Å². The number of ether oxygens (including phenoxy) is 1. The summed E-state index contributed by atoms with van der Waals surface area (Å²) in [7, 11) is 0. The van der Waals surface area contributed by atoms with Crippen LogP contribution >= 0.6 is 0 Å². The Morgan fingerprint density at radius 3 is 2.76 bits per heavy atom. The third kappa shape index (κ3) is 5.68. The third-order valence-electron chi connectivity index (χ3n) is 5.72. The molecule has 6 nitrogen and oxygen atoms in total. The maximum absolute atomic E-state index is 12.9. The molecule has 1 aliphatic rings. The highest BCUT2D eigenvalue weighted by Gasteiger charge is 2.44. The van der Waals surface area contributed by atoms with E-state index in [1.807, 2.05) is 42.3 Å². The summed E-state index contributed by atoms with van der Waals surface area (Å²) >= 11 is 0. The molecule has 0 bridgehead atoms. The molecule has 1 amide bonds. The zero-order chi connectivity index (χ0) is 20.5. The summed E-state index contributed by atoms with van der Waals surface area (Å²) in [6.07, 6.45) is 8.14. The molecule has 1 atom stereocenters. The van der Waals surface area contributed by atoms with E-state index in [0.29, 0.717) is 32.7 Å². The molecule has 2 heterocycles. The van der Waals surface area contributed by atoms with E-state index in [0.717, 1.165) is 32.1 Å². The van der Waals surface area contributed by atoms with Crippen LogP contribution in [0.15, 0.2) is 48.8 Å². The number of nitrogens with zero attached hydrogens (tertiary/aromatic N) is 3. The van der Waals surface area contributed by atoms with Crippen LogP contribution in [0.3, 0.4) is 0 Å². The number of aromatic nitrogens is 2. The van der Waals surface area contributed by atoms with Gasteiger partial charge in [-0.2, -0.15) is 5.10 Å². The maximum Gasteiger partial charge on any atom is 0.313 e. The van der Waals surface area contributed by atoms with Crippen LogP contribution in [-0.2, 0) is 27.3 Å². The number of benzene rings is 1. The topological polar surface area (TPSA) is 64.4 Å². The third-order valence-corrected chi connectivity index (χ3v) is 5.72. The molecule has 156 valence electrons. The predicted molar refractivity (Wildman–Crippen MR) is 111 cm³/mol. The van der Waals surface area contributed by atoms with Gasteiger partial charge in [0.2, 0.25) is 5.91 Å². The van der Waals surface area contributed by atoms with Crippen LogP contribution in [0.4, 0.5) is 0 Å². The second-order valence-corrected chi connectivity index (χ2v) is 7.78. The van der Waals surface area contributed by atoms with Crippen molar-refractivity contribution < 1.29 is 14.3 Å². The fraction of sp³-hybridized carbons (Fsp3) is 0.522. The summed E-state index contributed by atoms with van der Waals surface area (Å²) in [4.78, 5) is 27.5. The first-order valence-electron chi connectivity index (χ1n) is 10.6. The summed E-state index contributed by atoms with van der Waals surface area (Å²) < 4.78 is 7.21. The van der Waals surface area contributed by atoms with Crippen molar-refractivity contribution in [3.8, 4) is 0 Å². The van der Waals surface area contributed by atoms with Crippen molar-refractivity contribution in [2.24, 2.45) is 5.41 Å². The number of esters is 1. The van der Waals surface area contributed by atoms with Crippen LogP contribution in [-0.4, -0.2) is 46.3 Å². The van der Waals surface area contributed by atoms with Gasteiger partial charge >= 0.3 is 5.97 Å². The normalized spacial score (nSPS) is 19.1. The van der Waals surface area contributed by atoms with Gasteiger partial charge in [-0.15, -0.1) is 0 Å². The molecule has 0 spiro atoms. The van der Waals surface area contributed by atoms with Crippen molar-refractivity contribution >= 4 is 11.9 Å². The van der Waals surface area contributed by atoms with E-state index in [1.165, 1.54) is 5.56 Å². The van der Waals surface area contributed by atoms with Crippen molar-refractivity contribution in [1.82, 2.24) is 14.7 Å². The van der Waals surface area contributed by atoms with E-state index in [1.54, 1.807) is 10.9 Å². The fourth-order valence-corrected chi connectivity index (χ4v) is 4.18. The van der Waals surface area contributed by atoms with Crippen molar-refractivity contribution in [3.63, 3.8) is 0 Å². The van der Waals surface area contributed by atoms with Crippen LogP contribution in [0.5, 0.6) is 0 Å². The molecule has 0 aliphatic carbocycles. The summed E-state index contributed by atoms with van der Waals surface area (Å²) in [5.41, 5.74) is 0.680. The molecule has 0 N–H and O–H groups in total. The number of likely N-dealkylation sites (tertiary alicyclic amines) is 1. The summed E-state index contributed by atoms with van der Waals surface area (Å²) in [5.74, 6) is -0.0745. The first kappa shape index (κ1) is 21.1. The molecule has 1 aliphatic heterocycles. The summed E-state index contributed by atoms with van der Waals surface area (Å²) in [6.45, 7) is 3.93.